The van der Waals surface area contributed by atoms with Gasteiger partial charge in [-0.2, -0.15) is 23.3 Å². The Morgan fingerprint density at radius 1 is 1.16 bits per heavy atom. The van der Waals surface area contributed by atoms with E-state index in [1.807, 2.05) is 0 Å². The number of hydrogen-bond acceptors (Lipinski definition) is 5. The molecular formula is C16H15F3N6. The van der Waals surface area contributed by atoms with Crippen molar-refractivity contribution in [2.24, 2.45) is 7.05 Å². The van der Waals surface area contributed by atoms with Gasteiger partial charge in [0.1, 0.15) is 5.82 Å². The summed E-state index contributed by atoms with van der Waals surface area (Å²) in [6.07, 6.45) is -2.30. The largest absolute Gasteiger partial charge is 0.416 e. The molecule has 0 unspecified atom stereocenters. The molecule has 0 saturated heterocycles. The Balaban J connectivity index is 1.86. The molecule has 0 bridgehead atoms. The van der Waals surface area contributed by atoms with Gasteiger partial charge in [0.05, 0.1) is 16.6 Å². The molecule has 130 valence electrons. The van der Waals surface area contributed by atoms with Crippen LogP contribution in [0.3, 0.4) is 0 Å². The fraction of sp³-hybridized carbons (Fsp3) is 0.312. The Bertz CT molecular complexity index is 941. The maximum absolute atomic E-state index is 12.8. The summed E-state index contributed by atoms with van der Waals surface area (Å²) >= 11 is 0. The summed E-state index contributed by atoms with van der Waals surface area (Å²) in [6, 6.07) is 5.17. The topological polar surface area (TPSA) is 81.7 Å². The van der Waals surface area contributed by atoms with Crippen molar-refractivity contribution in [3.8, 4) is 11.3 Å². The lowest BCUT2D eigenvalue weighted by molar-refractivity contribution is -0.137. The van der Waals surface area contributed by atoms with Crippen LogP contribution in [0.2, 0.25) is 0 Å². The minimum atomic E-state index is -4.38. The Morgan fingerprint density at radius 2 is 1.84 bits per heavy atom. The molecule has 4 rings (SSSR count). The zero-order valence-corrected chi connectivity index (χ0v) is 13.3. The summed E-state index contributed by atoms with van der Waals surface area (Å²) in [7, 11) is 1.68. The molecule has 0 aliphatic heterocycles. The number of alkyl halides is 3. The van der Waals surface area contributed by atoms with Crippen LogP contribution in [-0.4, -0.2) is 25.8 Å². The van der Waals surface area contributed by atoms with E-state index in [2.05, 4.69) is 20.4 Å². The van der Waals surface area contributed by atoms with Gasteiger partial charge in [0.25, 0.3) is 0 Å². The quantitative estimate of drug-likeness (QED) is 0.760. The summed E-state index contributed by atoms with van der Waals surface area (Å²) in [5, 5.41) is 7.99. The summed E-state index contributed by atoms with van der Waals surface area (Å²) in [6.45, 7) is 0. The number of aromatic nitrogens is 4. The van der Waals surface area contributed by atoms with Crippen molar-refractivity contribution in [3.63, 3.8) is 0 Å². The first kappa shape index (κ1) is 15.7. The van der Waals surface area contributed by atoms with Crippen LogP contribution in [0.15, 0.2) is 24.3 Å². The molecule has 6 nitrogen and oxygen atoms in total. The van der Waals surface area contributed by atoms with Crippen LogP contribution >= 0.6 is 0 Å². The second-order valence-corrected chi connectivity index (χ2v) is 6.10. The molecule has 25 heavy (non-hydrogen) atoms. The van der Waals surface area contributed by atoms with Gasteiger partial charge in [0, 0.05) is 18.7 Å². The number of anilines is 2. The van der Waals surface area contributed by atoms with Crippen LogP contribution < -0.4 is 11.1 Å². The lowest BCUT2D eigenvalue weighted by Gasteiger charge is -2.10. The van der Waals surface area contributed by atoms with Crippen molar-refractivity contribution >= 4 is 22.8 Å². The summed E-state index contributed by atoms with van der Waals surface area (Å²) in [5.74, 6) is 0.769. The Labute approximate surface area is 140 Å². The molecule has 1 aromatic carbocycles. The first-order chi connectivity index (χ1) is 11.8. The molecule has 1 aliphatic carbocycles. The standard InChI is InChI=1S/C16H15F3N6/c1-25-13(20)11-12(8-2-4-9(5-3-8)16(17,18)19)22-15(21-10-6-7-10)23-14(11)24-25/h2-5,10H,6-7,20H2,1H3,(H,21,23,24). The van der Waals surface area contributed by atoms with E-state index in [1.54, 1.807) is 7.05 Å². The molecule has 0 spiro atoms. The van der Waals surface area contributed by atoms with E-state index >= 15 is 0 Å². The minimum Gasteiger partial charge on any atom is -0.383 e. The third kappa shape index (κ3) is 2.86. The molecule has 1 aliphatic rings. The molecule has 0 amide bonds. The highest BCUT2D eigenvalue weighted by atomic mass is 19.4. The van der Waals surface area contributed by atoms with Crippen LogP contribution in [-0.2, 0) is 13.2 Å². The van der Waals surface area contributed by atoms with Crippen molar-refractivity contribution in [3.05, 3.63) is 29.8 Å². The summed E-state index contributed by atoms with van der Waals surface area (Å²) in [5.41, 5.74) is 6.75. The third-order valence-electron chi connectivity index (χ3n) is 4.14. The van der Waals surface area contributed by atoms with Crippen LogP contribution in [0, 0.1) is 0 Å². The monoisotopic (exact) mass is 348 g/mol. The highest BCUT2D eigenvalue weighted by Crippen LogP contribution is 2.35. The van der Waals surface area contributed by atoms with Crippen molar-refractivity contribution in [1.29, 1.82) is 0 Å². The molecule has 2 aromatic heterocycles. The number of nitrogens with one attached hydrogen (secondary N) is 1. The van der Waals surface area contributed by atoms with Gasteiger partial charge >= 0.3 is 6.18 Å². The zero-order valence-electron chi connectivity index (χ0n) is 13.3. The number of fused-ring (bicyclic) bond motifs is 1. The van der Waals surface area contributed by atoms with Crippen molar-refractivity contribution in [2.75, 3.05) is 11.1 Å². The van der Waals surface area contributed by atoms with Crippen LogP contribution in [0.5, 0.6) is 0 Å². The maximum Gasteiger partial charge on any atom is 0.416 e. The molecule has 9 heteroatoms. The number of rotatable bonds is 3. The van der Waals surface area contributed by atoms with E-state index in [1.165, 1.54) is 16.8 Å². The molecule has 2 heterocycles. The van der Waals surface area contributed by atoms with E-state index < -0.39 is 11.7 Å². The van der Waals surface area contributed by atoms with E-state index in [-0.39, 0.29) is 0 Å². The molecular weight excluding hydrogens is 333 g/mol. The Morgan fingerprint density at radius 3 is 2.44 bits per heavy atom. The molecule has 0 radical (unpaired) electrons. The molecule has 1 saturated carbocycles. The average Bonchev–Trinajstić information content (AvgIpc) is 3.32. The van der Waals surface area contributed by atoms with Crippen molar-refractivity contribution < 1.29 is 13.2 Å². The number of aryl methyl sites for hydroxylation is 1. The van der Waals surface area contributed by atoms with Gasteiger partial charge in [-0.15, -0.1) is 0 Å². The van der Waals surface area contributed by atoms with Gasteiger partial charge in [-0.3, -0.25) is 4.68 Å². The summed E-state index contributed by atoms with van der Waals surface area (Å²) in [4.78, 5) is 8.85. The molecule has 3 aromatic rings. The first-order valence-corrected chi connectivity index (χ1v) is 7.77. The van der Waals surface area contributed by atoms with Gasteiger partial charge in [-0.25, -0.2) is 4.98 Å². The molecule has 3 N–H and O–H groups in total. The van der Waals surface area contributed by atoms with Crippen LogP contribution in [0.25, 0.3) is 22.3 Å². The van der Waals surface area contributed by atoms with E-state index in [0.29, 0.717) is 40.1 Å². The highest BCUT2D eigenvalue weighted by molar-refractivity contribution is 5.98. The smallest absolute Gasteiger partial charge is 0.383 e. The molecule has 1 fully saturated rings. The SMILES string of the molecule is Cn1nc2nc(NC3CC3)nc(-c3ccc(C(F)(F)F)cc3)c2c1N. The number of benzene rings is 1. The van der Waals surface area contributed by atoms with Gasteiger partial charge < -0.3 is 11.1 Å². The zero-order chi connectivity index (χ0) is 17.8. The molecule has 0 atom stereocenters. The number of hydrogen-bond donors (Lipinski definition) is 2. The van der Waals surface area contributed by atoms with Crippen LogP contribution in [0.1, 0.15) is 18.4 Å². The lowest BCUT2D eigenvalue weighted by Crippen LogP contribution is -2.07. The number of nitrogen functional groups attached to an aromatic ring is 1. The first-order valence-electron chi connectivity index (χ1n) is 7.77. The van der Waals surface area contributed by atoms with Crippen molar-refractivity contribution in [1.82, 2.24) is 19.7 Å². The van der Waals surface area contributed by atoms with Gasteiger partial charge in [0.15, 0.2) is 5.65 Å². The van der Waals surface area contributed by atoms with Crippen LogP contribution in [0.4, 0.5) is 24.9 Å². The lowest BCUT2D eigenvalue weighted by atomic mass is 10.1. The van der Waals surface area contributed by atoms with E-state index in [4.69, 9.17) is 5.73 Å². The Kier molecular flexibility index (Phi) is 3.34. The van der Waals surface area contributed by atoms with Gasteiger partial charge in [0.2, 0.25) is 5.95 Å². The highest BCUT2D eigenvalue weighted by Gasteiger charge is 2.30. The minimum absolute atomic E-state index is 0.332. The van der Waals surface area contributed by atoms with Crippen molar-refractivity contribution in [2.45, 2.75) is 25.1 Å². The second kappa shape index (κ2) is 5.33. The van der Waals surface area contributed by atoms with E-state index in [9.17, 15) is 13.2 Å². The maximum atomic E-state index is 12.8. The predicted molar refractivity (Wildman–Crippen MR) is 87.8 cm³/mol. The number of nitrogens with two attached hydrogens (primary N) is 1. The van der Waals surface area contributed by atoms with Gasteiger partial charge in [-0.05, 0) is 25.0 Å². The number of halogens is 3. The predicted octanol–water partition coefficient (Wildman–Crippen LogP) is 3.21. The van der Waals surface area contributed by atoms with E-state index in [0.717, 1.165) is 25.0 Å². The second-order valence-electron chi connectivity index (χ2n) is 6.10. The number of nitrogens with zero attached hydrogens (tertiary/aromatic N) is 4. The van der Waals surface area contributed by atoms with Gasteiger partial charge in [-0.1, -0.05) is 12.1 Å². The fourth-order valence-corrected chi connectivity index (χ4v) is 2.62. The fourth-order valence-electron chi connectivity index (χ4n) is 2.62. The Hall–Kier alpha value is -2.84. The third-order valence-corrected chi connectivity index (χ3v) is 4.14. The normalized spacial score (nSPS) is 14.9. The average molecular weight is 348 g/mol. The summed E-state index contributed by atoms with van der Waals surface area (Å²) < 4.78 is 39.8.